The Morgan fingerprint density at radius 1 is 1.12 bits per heavy atom. The highest BCUT2D eigenvalue weighted by molar-refractivity contribution is 5.84. The van der Waals surface area contributed by atoms with Crippen molar-refractivity contribution in [3.63, 3.8) is 0 Å². The van der Waals surface area contributed by atoms with Gasteiger partial charge in [-0.25, -0.2) is 0 Å². The first-order valence-electron chi connectivity index (χ1n) is 13.9. The van der Waals surface area contributed by atoms with E-state index in [1.807, 2.05) is 65.0 Å². The van der Waals surface area contributed by atoms with Crippen LogP contribution in [0.3, 0.4) is 0 Å². The Bertz CT molecular complexity index is 1430. The van der Waals surface area contributed by atoms with Crippen molar-refractivity contribution in [2.75, 3.05) is 14.1 Å². The number of halogens is 3. The quantitative estimate of drug-likeness (QED) is 0.349. The molecule has 0 fully saturated rings. The van der Waals surface area contributed by atoms with Crippen molar-refractivity contribution in [2.24, 2.45) is 11.8 Å². The average Bonchev–Trinajstić information content (AvgIpc) is 3.22. The van der Waals surface area contributed by atoms with Gasteiger partial charge in [-0.15, -0.1) is 0 Å². The van der Waals surface area contributed by atoms with Gasteiger partial charge < -0.3 is 19.9 Å². The van der Waals surface area contributed by atoms with Crippen LogP contribution in [0.25, 0.3) is 5.57 Å². The monoisotopic (exact) mass is 587 g/mol. The standard InChI is InChI=1S/C32H40F3N3O4/c1-18(2)11-27(38-17-23(16-37(6)7)25(14-28(38)39)32(33,34)35)31(42)36-26(15-29(40)41)24-13-22(12-21(24)5)30-19(3)9-8-10-20(30)4/h8-10,12-14,17-18,24,26-27H,11,15-16H2,1-7H3,(H,36,42)(H,40,41)/t24?,26-,27?/m0/s1. The van der Waals surface area contributed by atoms with Crippen LogP contribution in [0.4, 0.5) is 13.2 Å². The van der Waals surface area contributed by atoms with Crippen molar-refractivity contribution < 1.29 is 27.9 Å². The maximum absolute atomic E-state index is 13.8. The highest BCUT2D eigenvalue weighted by Crippen LogP contribution is 2.36. The molecule has 3 atom stereocenters. The third-order valence-electron chi connectivity index (χ3n) is 7.48. The predicted octanol–water partition coefficient (Wildman–Crippen LogP) is 5.75. The molecule has 0 bridgehead atoms. The zero-order valence-corrected chi connectivity index (χ0v) is 25.2. The van der Waals surface area contributed by atoms with Crippen LogP contribution in [0.15, 0.2) is 53.0 Å². The van der Waals surface area contributed by atoms with Crippen molar-refractivity contribution in [3.8, 4) is 0 Å². The molecule has 0 aliphatic heterocycles. The lowest BCUT2D eigenvalue weighted by Gasteiger charge is -2.28. The number of amides is 1. The number of hydrogen-bond donors (Lipinski definition) is 2. The number of nitrogens with zero attached hydrogens (tertiary/aromatic N) is 2. The minimum Gasteiger partial charge on any atom is -0.481 e. The second-order valence-electron chi connectivity index (χ2n) is 11.9. The topological polar surface area (TPSA) is 91.6 Å². The molecule has 0 radical (unpaired) electrons. The Kier molecular flexibility index (Phi) is 10.3. The Balaban J connectivity index is 2.04. The van der Waals surface area contributed by atoms with Gasteiger partial charge in [0.25, 0.3) is 5.56 Å². The fraction of sp³-hybridized carbons (Fsp3) is 0.469. The molecule has 1 aliphatic rings. The van der Waals surface area contributed by atoms with Gasteiger partial charge in [0.05, 0.1) is 12.0 Å². The van der Waals surface area contributed by atoms with Crippen molar-refractivity contribution >= 4 is 17.4 Å². The van der Waals surface area contributed by atoms with Gasteiger partial charge in [0.2, 0.25) is 5.91 Å². The highest BCUT2D eigenvalue weighted by Gasteiger charge is 2.36. The van der Waals surface area contributed by atoms with E-state index in [0.717, 1.165) is 38.6 Å². The lowest BCUT2D eigenvalue weighted by molar-refractivity contribution is -0.139. The zero-order chi connectivity index (χ0) is 31.5. The summed E-state index contributed by atoms with van der Waals surface area (Å²) in [6, 6.07) is 4.53. The third-order valence-corrected chi connectivity index (χ3v) is 7.48. The molecule has 0 spiro atoms. The molecule has 3 rings (SSSR count). The normalized spacial score (nSPS) is 16.8. The minimum atomic E-state index is -4.74. The molecule has 1 aromatic carbocycles. The van der Waals surface area contributed by atoms with E-state index in [1.165, 1.54) is 0 Å². The molecule has 1 amide bonds. The smallest absolute Gasteiger partial charge is 0.416 e. The summed E-state index contributed by atoms with van der Waals surface area (Å²) in [4.78, 5) is 40.3. The Morgan fingerprint density at radius 3 is 2.26 bits per heavy atom. The summed E-state index contributed by atoms with van der Waals surface area (Å²) in [5.41, 5.74) is 2.86. The molecule has 42 heavy (non-hydrogen) atoms. The average molecular weight is 588 g/mol. The number of benzene rings is 1. The van der Waals surface area contributed by atoms with E-state index in [-0.39, 0.29) is 30.9 Å². The zero-order valence-electron chi connectivity index (χ0n) is 25.2. The van der Waals surface area contributed by atoms with E-state index < -0.39 is 47.2 Å². The second kappa shape index (κ2) is 13.1. The summed E-state index contributed by atoms with van der Waals surface area (Å²) in [7, 11) is 3.23. The van der Waals surface area contributed by atoms with Crippen molar-refractivity contribution in [1.29, 1.82) is 0 Å². The van der Waals surface area contributed by atoms with E-state index in [9.17, 15) is 32.7 Å². The molecule has 2 N–H and O–H groups in total. The number of hydrogen-bond acceptors (Lipinski definition) is 4. The second-order valence-corrected chi connectivity index (χ2v) is 11.9. The number of carbonyl (C=O) groups excluding carboxylic acids is 1. The lowest BCUT2D eigenvalue weighted by Crippen LogP contribution is -2.46. The largest absolute Gasteiger partial charge is 0.481 e. The summed E-state index contributed by atoms with van der Waals surface area (Å²) >= 11 is 0. The molecule has 10 heteroatoms. The van der Waals surface area contributed by atoms with Crippen LogP contribution in [0.2, 0.25) is 0 Å². The van der Waals surface area contributed by atoms with Crippen LogP contribution in [-0.2, 0) is 22.3 Å². The van der Waals surface area contributed by atoms with Crippen LogP contribution in [0.1, 0.15) is 67.5 Å². The number of nitrogens with one attached hydrogen (secondary N) is 1. The van der Waals surface area contributed by atoms with Gasteiger partial charge >= 0.3 is 12.1 Å². The molecular weight excluding hydrogens is 547 g/mol. The summed E-state index contributed by atoms with van der Waals surface area (Å²) < 4.78 is 42.4. The molecule has 0 saturated heterocycles. The van der Waals surface area contributed by atoms with E-state index in [1.54, 1.807) is 19.0 Å². The first kappa shape index (κ1) is 32.8. The van der Waals surface area contributed by atoms with Crippen LogP contribution >= 0.6 is 0 Å². The number of carboxylic acids is 1. The molecule has 1 aliphatic carbocycles. The number of pyridine rings is 1. The Hall–Kier alpha value is -3.66. The maximum Gasteiger partial charge on any atom is 0.416 e. The number of aryl methyl sites for hydroxylation is 2. The minimum absolute atomic E-state index is 0.0891. The molecule has 2 aromatic rings. The van der Waals surface area contributed by atoms with Crippen LogP contribution in [-0.4, -0.2) is 46.6 Å². The van der Waals surface area contributed by atoms with Crippen molar-refractivity contribution in [2.45, 2.75) is 72.3 Å². The van der Waals surface area contributed by atoms with Gasteiger partial charge in [-0.2, -0.15) is 13.2 Å². The highest BCUT2D eigenvalue weighted by atomic mass is 19.4. The molecular formula is C32H40F3N3O4. The summed E-state index contributed by atoms with van der Waals surface area (Å²) in [6.07, 6.45) is 0.110. The fourth-order valence-electron chi connectivity index (χ4n) is 5.67. The maximum atomic E-state index is 13.8. The van der Waals surface area contributed by atoms with E-state index in [4.69, 9.17) is 0 Å². The fourth-order valence-corrected chi connectivity index (χ4v) is 5.67. The molecule has 0 saturated carbocycles. The SMILES string of the molecule is CC1=CC(c2c(C)cccc2C)=CC1[C@H](CC(=O)O)NC(=O)C(CC(C)C)n1cc(CN(C)C)c(C(F)(F)F)cc1=O. The van der Waals surface area contributed by atoms with Crippen LogP contribution in [0.5, 0.6) is 0 Å². The number of allylic oxidation sites excluding steroid dienone is 2. The molecule has 228 valence electrons. The first-order valence-corrected chi connectivity index (χ1v) is 13.9. The predicted molar refractivity (Wildman–Crippen MR) is 157 cm³/mol. The lowest BCUT2D eigenvalue weighted by atomic mass is 9.91. The van der Waals surface area contributed by atoms with E-state index in [0.29, 0.717) is 6.07 Å². The number of aliphatic carboxylic acids is 1. The van der Waals surface area contributed by atoms with E-state index >= 15 is 0 Å². The molecule has 1 aromatic heterocycles. The van der Waals surface area contributed by atoms with Gasteiger partial charge in [-0.05, 0) is 75.0 Å². The van der Waals surface area contributed by atoms with Gasteiger partial charge in [-0.3, -0.25) is 14.4 Å². The van der Waals surface area contributed by atoms with Gasteiger partial charge in [-0.1, -0.05) is 49.8 Å². The Morgan fingerprint density at radius 2 is 1.74 bits per heavy atom. The number of aromatic nitrogens is 1. The van der Waals surface area contributed by atoms with Gasteiger partial charge in [0, 0.05) is 30.8 Å². The number of carboxylic acid groups (broad SMARTS) is 1. The van der Waals surface area contributed by atoms with Gasteiger partial charge in [0.15, 0.2) is 0 Å². The summed E-state index contributed by atoms with van der Waals surface area (Å²) in [5, 5.41) is 12.6. The summed E-state index contributed by atoms with van der Waals surface area (Å²) in [5.74, 6) is -2.24. The van der Waals surface area contributed by atoms with Gasteiger partial charge in [0.1, 0.15) is 6.04 Å². The van der Waals surface area contributed by atoms with Crippen molar-refractivity contribution in [3.05, 3.63) is 86.4 Å². The Labute approximate surface area is 244 Å². The first-order chi connectivity index (χ1) is 19.5. The molecule has 2 unspecified atom stereocenters. The number of alkyl halides is 3. The van der Waals surface area contributed by atoms with E-state index in [2.05, 4.69) is 5.32 Å². The molecule has 1 heterocycles. The summed E-state index contributed by atoms with van der Waals surface area (Å²) in [6.45, 7) is 9.47. The number of rotatable bonds is 11. The third kappa shape index (κ3) is 7.79. The van der Waals surface area contributed by atoms with Crippen LogP contribution < -0.4 is 10.9 Å². The number of carbonyl (C=O) groups is 2. The molecule has 7 nitrogen and oxygen atoms in total. The van der Waals surface area contributed by atoms with Crippen LogP contribution in [0, 0.1) is 25.7 Å². The van der Waals surface area contributed by atoms with Crippen molar-refractivity contribution in [1.82, 2.24) is 14.8 Å².